The molecule has 1 saturated heterocycles. The number of rotatable bonds is 5. The van der Waals surface area contributed by atoms with Gasteiger partial charge < -0.3 is 15.8 Å². The number of pyridine rings is 1. The number of nitrogens with two attached hydrogens (primary N) is 1. The molecule has 21 heavy (non-hydrogen) atoms. The first-order valence-electron chi connectivity index (χ1n) is 7.38. The van der Waals surface area contributed by atoms with Gasteiger partial charge in [-0.05, 0) is 38.0 Å². The lowest BCUT2D eigenvalue weighted by Crippen LogP contribution is -2.59. The molecular weight excluding hydrogens is 266 g/mol. The van der Waals surface area contributed by atoms with Crippen molar-refractivity contribution >= 4 is 5.84 Å². The SMILES string of the molecule is CC(C)(C(N)=NO)N1CCN(CCc2ccncc2)CC1. The molecule has 1 aromatic rings. The van der Waals surface area contributed by atoms with Crippen molar-refractivity contribution in [2.45, 2.75) is 25.8 Å². The van der Waals surface area contributed by atoms with Gasteiger partial charge in [0.25, 0.3) is 0 Å². The van der Waals surface area contributed by atoms with Crippen LogP contribution in [0, 0.1) is 0 Å². The van der Waals surface area contributed by atoms with Gasteiger partial charge in [-0.1, -0.05) is 5.16 Å². The first-order valence-corrected chi connectivity index (χ1v) is 7.38. The van der Waals surface area contributed by atoms with Gasteiger partial charge in [-0.25, -0.2) is 0 Å². The predicted octanol–water partition coefficient (Wildman–Crippen LogP) is 0.767. The minimum atomic E-state index is -0.397. The second-order valence-corrected chi connectivity index (χ2v) is 5.98. The molecule has 0 aromatic carbocycles. The second kappa shape index (κ2) is 6.87. The molecule has 0 saturated carbocycles. The highest BCUT2D eigenvalue weighted by Crippen LogP contribution is 2.17. The molecule has 1 aliphatic rings. The Labute approximate surface area is 126 Å². The number of nitrogens with zero attached hydrogens (tertiary/aromatic N) is 4. The molecule has 116 valence electrons. The molecule has 6 heteroatoms. The average Bonchev–Trinajstić information content (AvgIpc) is 2.53. The van der Waals surface area contributed by atoms with E-state index in [-0.39, 0.29) is 5.84 Å². The lowest BCUT2D eigenvalue weighted by molar-refractivity contribution is 0.0838. The second-order valence-electron chi connectivity index (χ2n) is 5.98. The van der Waals surface area contributed by atoms with Crippen molar-refractivity contribution in [1.29, 1.82) is 0 Å². The molecule has 1 fully saturated rings. The lowest BCUT2D eigenvalue weighted by Gasteiger charge is -2.43. The summed E-state index contributed by atoms with van der Waals surface area (Å²) in [6, 6.07) is 4.13. The van der Waals surface area contributed by atoms with E-state index in [9.17, 15) is 0 Å². The normalized spacial score (nSPS) is 18.9. The fourth-order valence-electron chi connectivity index (χ4n) is 2.65. The van der Waals surface area contributed by atoms with Crippen LogP contribution in [-0.4, -0.2) is 64.1 Å². The van der Waals surface area contributed by atoms with Gasteiger partial charge in [0, 0.05) is 45.1 Å². The molecule has 2 rings (SSSR count). The summed E-state index contributed by atoms with van der Waals surface area (Å²) in [5, 5.41) is 12.0. The molecule has 0 unspecified atom stereocenters. The summed E-state index contributed by atoms with van der Waals surface area (Å²) in [4.78, 5) is 8.76. The fraction of sp³-hybridized carbons (Fsp3) is 0.600. The third kappa shape index (κ3) is 3.92. The predicted molar refractivity (Wildman–Crippen MR) is 83.4 cm³/mol. The Morgan fingerprint density at radius 2 is 1.90 bits per heavy atom. The lowest BCUT2D eigenvalue weighted by atomic mass is 10.00. The Hall–Kier alpha value is -1.66. The number of oxime groups is 1. The molecule has 0 bridgehead atoms. The largest absolute Gasteiger partial charge is 0.409 e. The first kappa shape index (κ1) is 15.7. The summed E-state index contributed by atoms with van der Waals surface area (Å²) in [6.45, 7) is 8.92. The van der Waals surface area contributed by atoms with Crippen molar-refractivity contribution in [3.63, 3.8) is 0 Å². The molecule has 1 aromatic heterocycles. The maximum absolute atomic E-state index is 8.88. The van der Waals surface area contributed by atoms with Crippen LogP contribution in [0.4, 0.5) is 0 Å². The van der Waals surface area contributed by atoms with Gasteiger partial charge in [-0.3, -0.25) is 9.88 Å². The van der Waals surface area contributed by atoms with E-state index < -0.39 is 5.54 Å². The molecule has 0 spiro atoms. The fourth-order valence-corrected chi connectivity index (χ4v) is 2.65. The Kier molecular flexibility index (Phi) is 5.14. The molecule has 0 aliphatic carbocycles. The molecule has 2 heterocycles. The van der Waals surface area contributed by atoms with Crippen LogP contribution in [0.3, 0.4) is 0 Å². The van der Waals surface area contributed by atoms with Crippen molar-refractivity contribution in [3.8, 4) is 0 Å². The van der Waals surface area contributed by atoms with Gasteiger partial charge in [0.05, 0.1) is 5.54 Å². The van der Waals surface area contributed by atoms with Gasteiger partial charge in [0.15, 0.2) is 5.84 Å². The van der Waals surface area contributed by atoms with Gasteiger partial charge in [-0.2, -0.15) is 0 Å². The van der Waals surface area contributed by atoms with E-state index in [2.05, 4.69) is 32.1 Å². The minimum absolute atomic E-state index is 0.271. The van der Waals surface area contributed by atoms with Crippen molar-refractivity contribution in [2.24, 2.45) is 10.9 Å². The molecule has 0 amide bonds. The summed E-state index contributed by atoms with van der Waals surface area (Å²) in [5.41, 5.74) is 6.72. The molecule has 0 radical (unpaired) electrons. The average molecular weight is 291 g/mol. The van der Waals surface area contributed by atoms with E-state index >= 15 is 0 Å². The van der Waals surface area contributed by atoms with Gasteiger partial charge in [-0.15, -0.1) is 0 Å². The molecule has 0 atom stereocenters. The Balaban J connectivity index is 1.81. The van der Waals surface area contributed by atoms with Crippen molar-refractivity contribution in [3.05, 3.63) is 30.1 Å². The first-order chi connectivity index (χ1) is 10.0. The summed E-state index contributed by atoms with van der Waals surface area (Å²) in [7, 11) is 0. The van der Waals surface area contributed by atoms with E-state index in [4.69, 9.17) is 10.9 Å². The minimum Gasteiger partial charge on any atom is -0.409 e. The zero-order valence-corrected chi connectivity index (χ0v) is 12.9. The van der Waals surface area contributed by atoms with Crippen molar-refractivity contribution in [2.75, 3.05) is 32.7 Å². The highest BCUT2D eigenvalue weighted by atomic mass is 16.4. The van der Waals surface area contributed by atoms with E-state index in [1.807, 2.05) is 26.2 Å². The molecule has 3 N–H and O–H groups in total. The zero-order valence-electron chi connectivity index (χ0n) is 12.9. The summed E-state index contributed by atoms with van der Waals surface area (Å²) in [5.74, 6) is 0.271. The number of aromatic nitrogens is 1. The molecular formula is C15H25N5O. The smallest absolute Gasteiger partial charge is 0.159 e. The van der Waals surface area contributed by atoms with Crippen LogP contribution in [0.2, 0.25) is 0 Å². The van der Waals surface area contributed by atoms with Crippen molar-refractivity contribution in [1.82, 2.24) is 14.8 Å². The number of hydrogen-bond donors (Lipinski definition) is 2. The van der Waals surface area contributed by atoms with Crippen LogP contribution in [0.15, 0.2) is 29.7 Å². The maximum Gasteiger partial charge on any atom is 0.159 e. The van der Waals surface area contributed by atoms with Gasteiger partial charge >= 0.3 is 0 Å². The Morgan fingerprint density at radius 3 is 2.48 bits per heavy atom. The highest BCUT2D eigenvalue weighted by Gasteiger charge is 2.33. The van der Waals surface area contributed by atoms with Crippen LogP contribution >= 0.6 is 0 Å². The third-order valence-corrected chi connectivity index (χ3v) is 4.36. The standard InChI is InChI=1S/C15H25N5O/c1-15(2,14(16)18-21)20-11-9-19(10-12-20)8-5-13-3-6-17-7-4-13/h3-4,6-7,21H,5,8-12H2,1-2H3,(H2,16,18). The maximum atomic E-state index is 8.88. The number of amidine groups is 1. The summed E-state index contributed by atoms with van der Waals surface area (Å²) >= 11 is 0. The van der Waals surface area contributed by atoms with E-state index in [1.165, 1.54) is 5.56 Å². The Bertz CT molecular complexity index is 466. The van der Waals surface area contributed by atoms with Gasteiger partial charge in [0.2, 0.25) is 0 Å². The van der Waals surface area contributed by atoms with E-state index in [0.717, 1.165) is 39.1 Å². The molecule has 6 nitrogen and oxygen atoms in total. The zero-order chi connectivity index (χ0) is 15.3. The Morgan fingerprint density at radius 1 is 1.29 bits per heavy atom. The van der Waals surface area contributed by atoms with E-state index in [1.54, 1.807) is 0 Å². The topological polar surface area (TPSA) is 78.0 Å². The van der Waals surface area contributed by atoms with Crippen molar-refractivity contribution < 1.29 is 5.21 Å². The molecule has 1 aliphatic heterocycles. The third-order valence-electron chi connectivity index (χ3n) is 4.36. The quantitative estimate of drug-likeness (QED) is 0.362. The summed E-state index contributed by atoms with van der Waals surface area (Å²) < 4.78 is 0. The van der Waals surface area contributed by atoms with Crippen LogP contribution in [0.5, 0.6) is 0 Å². The van der Waals surface area contributed by atoms with Crippen LogP contribution < -0.4 is 5.73 Å². The summed E-state index contributed by atoms with van der Waals surface area (Å²) in [6.07, 6.45) is 4.73. The van der Waals surface area contributed by atoms with Crippen LogP contribution in [0.1, 0.15) is 19.4 Å². The van der Waals surface area contributed by atoms with Crippen LogP contribution in [-0.2, 0) is 6.42 Å². The van der Waals surface area contributed by atoms with E-state index in [0.29, 0.717) is 0 Å². The highest BCUT2D eigenvalue weighted by molar-refractivity contribution is 5.88. The number of piperazine rings is 1. The van der Waals surface area contributed by atoms with Gasteiger partial charge in [0.1, 0.15) is 0 Å². The number of hydrogen-bond acceptors (Lipinski definition) is 5. The monoisotopic (exact) mass is 291 g/mol. The van der Waals surface area contributed by atoms with Crippen LogP contribution in [0.25, 0.3) is 0 Å².